The maximum atomic E-state index is 13.0. The Balaban J connectivity index is 2.14. The lowest BCUT2D eigenvalue weighted by Crippen LogP contribution is -2.07. The number of aromatic nitrogens is 1. The molecule has 0 spiro atoms. The van der Waals surface area contributed by atoms with Crippen LogP contribution in [0.25, 0.3) is 22.0 Å². The average molecular weight is 414 g/mol. The van der Waals surface area contributed by atoms with E-state index in [1.165, 1.54) is 30.3 Å². The van der Waals surface area contributed by atoms with Crippen molar-refractivity contribution in [3.05, 3.63) is 59.3 Å². The number of carbonyl (C=O) groups is 2. The quantitative estimate of drug-likeness (QED) is 0.593. The molecule has 30 heavy (non-hydrogen) atoms. The SMILES string of the molecule is N#Cc1c(O)c(C(=O)CCC(=O)O)nc2cc(-c3cccc(C(F)(F)F)c3)ccc12. The van der Waals surface area contributed by atoms with E-state index in [0.29, 0.717) is 5.56 Å². The van der Waals surface area contributed by atoms with E-state index in [9.17, 15) is 33.1 Å². The van der Waals surface area contributed by atoms with Crippen molar-refractivity contribution in [2.24, 2.45) is 0 Å². The molecule has 0 fully saturated rings. The van der Waals surface area contributed by atoms with Gasteiger partial charge in [0, 0.05) is 11.8 Å². The molecule has 2 aromatic carbocycles. The number of hydrogen-bond acceptors (Lipinski definition) is 5. The Morgan fingerprint density at radius 2 is 1.77 bits per heavy atom. The van der Waals surface area contributed by atoms with Gasteiger partial charge in [0.2, 0.25) is 0 Å². The molecule has 0 radical (unpaired) electrons. The summed E-state index contributed by atoms with van der Waals surface area (Å²) in [7, 11) is 0. The van der Waals surface area contributed by atoms with Crippen molar-refractivity contribution in [1.29, 1.82) is 5.26 Å². The van der Waals surface area contributed by atoms with Gasteiger partial charge in [-0.3, -0.25) is 9.59 Å². The first kappa shape index (κ1) is 20.8. The van der Waals surface area contributed by atoms with E-state index in [-0.39, 0.29) is 22.0 Å². The molecule has 3 rings (SSSR count). The molecule has 0 saturated heterocycles. The van der Waals surface area contributed by atoms with E-state index < -0.39 is 47.8 Å². The van der Waals surface area contributed by atoms with Crippen LogP contribution in [0, 0.1) is 11.3 Å². The van der Waals surface area contributed by atoms with Crippen LogP contribution in [0.2, 0.25) is 0 Å². The Bertz CT molecular complexity index is 1210. The summed E-state index contributed by atoms with van der Waals surface area (Å²) < 4.78 is 39.0. The van der Waals surface area contributed by atoms with E-state index in [0.717, 1.165) is 12.1 Å². The van der Waals surface area contributed by atoms with Gasteiger partial charge in [-0.05, 0) is 29.3 Å². The highest BCUT2D eigenvalue weighted by atomic mass is 19.4. The zero-order valence-corrected chi connectivity index (χ0v) is 15.2. The number of aliphatic carboxylic acids is 1. The molecular weight excluding hydrogens is 401 g/mol. The van der Waals surface area contributed by atoms with Gasteiger partial charge in [0.15, 0.2) is 11.5 Å². The monoisotopic (exact) mass is 414 g/mol. The first-order chi connectivity index (χ1) is 14.1. The number of alkyl halides is 3. The third kappa shape index (κ3) is 4.07. The summed E-state index contributed by atoms with van der Waals surface area (Å²) >= 11 is 0. The summed E-state index contributed by atoms with van der Waals surface area (Å²) in [6, 6.07) is 10.7. The Labute approximate surface area is 167 Å². The van der Waals surface area contributed by atoms with Crippen LogP contribution in [-0.4, -0.2) is 26.9 Å². The van der Waals surface area contributed by atoms with Gasteiger partial charge in [-0.2, -0.15) is 18.4 Å². The zero-order chi connectivity index (χ0) is 22.1. The van der Waals surface area contributed by atoms with Crippen LogP contribution < -0.4 is 0 Å². The number of carboxylic acid groups (broad SMARTS) is 1. The molecule has 0 aliphatic heterocycles. The fourth-order valence-corrected chi connectivity index (χ4v) is 2.96. The Hall–Kier alpha value is -3.93. The van der Waals surface area contributed by atoms with Gasteiger partial charge in [0.1, 0.15) is 17.3 Å². The number of benzene rings is 2. The molecule has 1 heterocycles. The molecule has 152 valence electrons. The van der Waals surface area contributed by atoms with Crippen LogP contribution in [0.4, 0.5) is 13.2 Å². The van der Waals surface area contributed by atoms with Crippen molar-refractivity contribution in [3.63, 3.8) is 0 Å². The number of halogens is 3. The van der Waals surface area contributed by atoms with Gasteiger partial charge in [0.05, 0.1) is 17.5 Å². The molecule has 1 aromatic heterocycles. The molecular formula is C21H13F3N2O4. The van der Waals surface area contributed by atoms with Crippen molar-refractivity contribution < 1.29 is 33.0 Å². The fourth-order valence-electron chi connectivity index (χ4n) is 2.96. The summed E-state index contributed by atoms with van der Waals surface area (Å²) in [5.74, 6) is -2.64. The molecule has 6 nitrogen and oxygen atoms in total. The van der Waals surface area contributed by atoms with Gasteiger partial charge in [-0.25, -0.2) is 4.98 Å². The fraction of sp³-hybridized carbons (Fsp3) is 0.143. The number of rotatable bonds is 5. The third-order valence-corrected chi connectivity index (χ3v) is 4.43. The van der Waals surface area contributed by atoms with Crippen LogP contribution in [0.15, 0.2) is 42.5 Å². The Kier molecular flexibility index (Phi) is 5.43. The van der Waals surface area contributed by atoms with Crippen LogP contribution in [0.3, 0.4) is 0 Å². The van der Waals surface area contributed by atoms with E-state index in [4.69, 9.17) is 5.11 Å². The molecule has 2 N–H and O–H groups in total. The number of nitrogens with zero attached hydrogens (tertiary/aromatic N) is 2. The summed E-state index contributed by atoms with van der Waals surface area (Å²) in [6.07, 6.45) is -5.43. The number of carbonyl (C=O) groups excluding carboxylic acids is 1. The lowest BCUT2D eigenvalue weighted by molar-refractivity contribution is -0.138. The second-order valence-corrected chi connectivity index (χ2v) is 6.42. The highest BCUT2D eigenvalue weighted by Crippen LogP contribution is 2.35. The summed E-state index contributed by atoms with van der Waals surface area (Å²) in [5, 5.41) is 28.6. The van der Waals surface area contributed by atoms with Gasteiger partial charge in [-0.1, -0.05) is 24.3 Å². The van der Waals surface area contributed by atoms with E-state index in [2.05, 4.69) is 4.98 Å². The van der Waals surface area contributed by atoms with Crippen LogP contribution in [-0.2, 0) is 11.0 Å². The predicted octanol–water partition coefficient (Wildman–Crippen LogP) is 4.55. The molecule has 0 bridgehead atoms. The Morgan fingerprint density at radius 1 is 1.07 bits per heavy atom. The number of fused-ring (bicyclic) bond motifs is 1. The minimum atomic E-state index is -4.52. The van der Waals surface area contributed by atoms with Crippen molar-refractivity contribution >= 4 is 22.7 Å². The summed E-state index contributed by atoms with van der Waals surface area (Å²) in [5.41, 5.74) is -0.798. The summed E-state index contributed by atoms with van der Waals surface area (Å²) in [4.78, 5) is 27.0. The second-order valence-electron chi connectivity index (χ2n) is 6.42. The molecule has 0 saturated carbocycles. The molecule has 0 aliphatic carbocycles. The maximum absolute atomic E-state index is 13.0. The van der Waals surface area contributed by atoms with Gasteiger partial charge >= 0.3 is 12.1 Å². The van der Waals surface area contributed by atoms with Gasteiger partial charge in [-0.15, -0.1) is 0 Å². The van der Waals surface area contributed by atoms with Crippen LogP contribution in [0.5, 0.6) is 5.75 Å². The van der Waals surface area contributed by atoms with Crippen LogP contribution in [0.1, 0.15) is 34.5 Å². The normalized spacial score (nSPS) is 11.3. The van der Waals surface area contributed by atoms with Crippen LogP contribution >= 0.6 is 0 Å². The molecule has 0 amide bonds. The number of nitriles is 1. The zero-order valence-electron chi connectivity index (χ0n) is 15.2. The molecule has 0 aliphatic rings. The lowest BCUT2D eigenvalue weighted by atomic mass is 9.98. The van der Waals surface area contributed by atoms with Gasteiger partial charge < -0.3 is 10.2 Å². The first-order valence-corrected chi connectivity index (χ1v) is 8.61. The molecule has 0 unspecified atom stereocenters. The van der Waals surface area contributed by atoms with Gasteiger partial charge in [0.25, 0.3) is 0 Å². The van der Waals surface area contributed by atoms with Crippen molar-refractivity contribution in [2.45, 2.75) is 19.0 Å². The highest BCUT2D eigenvalue weighted by Gasteiger charge is 2.30. The number of carboxylic acids is 1. The Morgan fingerprint density at radius 3 is 2.40 bits per heavy atom. The second kappa shape index (κ2) is 7.83. The lowest BCUT2D eigenvalue weighted by Gasteiger charge is -2.11. The maximum Gasteiger partial charge on any atom is 0.416 e. The van der Waals surface area contributed by atoms with E-state index >= 15 is 0 Å². The first-order valence-electron chi connectivity index (χ1n) is 8.61. The van der Waals surface area contributed by atoms with E-state index in [1.54, 1.807) is 6.07 Å². The average Bonchev–Trinajstić information content (AvgIpc) is 2.70. The smallest absolute Gasteiger partial charge is 0.416 e. The number of Topliss-reactive ketones (excluding diaryl/α,β-unsaturated/α-hetero) is 1. The summed E-state index contributed by atoms with van der Waals surface area (Å²) in [6.45, 7) is 0. The predicted molar refractivity (Wildman–Crippen MR) is 99.8 cm³/mol. The molecule has 0 atom stereocenters. The molecule has 3 aromatic rings. The topological polar surface area (TPSA) is 111 Å². The van der Waals surface area contributed by atoms with E-state index in [1.807, 2.05) is 0 Å². The van der Waals surface area contributed by atoms with Crippen molar-refractivity contribution in [3.8, 4) is 22.9 Å². The largest absolute Gasteiger partial charge is 0.504 e. The number of aromatic hydroxyl groups is 1. The van der Waals surface area contributed by atoms with Crippen molar-refractivity contribution in [2.75, 3.05) is 0 Å². The highest BCUT2D eigenvalue weighted by molar-refractivity contribution is 6.02. The minimum Gasteiger partial charge on any atom is -0.504 e. The number of ketones is 1. The standard InChI is InChI=1S/C21H13F3N2O4/c22-21(23,24)13-3-1-2-11(8-13)12-4-5-14-15(10-25)20(30)19(26-16(14)9-12)17(27)6-7-18(28)29/h1-5,8-9,30H,6-7H2,(H,28,29). The van der Waals surface area contributed by atoms with Crippen molar-refractivity contribution in [1.82, 2.24) is 4.98 Å². The third-order valence-electron chi connectivity index (χ3n) is 4.43. The minimum absolute atomic E-state index is 0.109. The molecule has 9 heteroatoms. The number of pyridine rings is 1. The number of hydrogen-bond donors (Lipinski definition) is 2.